The number of halogens is 5. The van der Waals surface area contributed by atoms with E-state index in [0.717, 1.165) is 82.6 Å². The average Bonchev–Trinajstić information content (AvgIpc) is 3.39. The highest BCUT2D eigenvalue weighted by Crippen LogP contribution is 2.63. The smallest absolute Gasteiger partial charge is 0.469 e. The van der Waals surface area contributed by atoms with E-state index in [2.05, 4.69) is 19.1 Å². The molecule has 1 aromatic carbocycles. The molecule has 1 aliphatic heterocycles. The maximum atomic E-state index is 13.1. The number of likely N-dealkylation sites (tertiary alicyclic amines) is 1. The molecule has 0 bridgehead atoms. The molecule has 16 heteroatoms. The number of piperidine rings is 1. The monoisotopic (exact) mass is 813 g/mol. The van der Waals surface area contributed by atoms with E-state index in [1.54, 1.807) is 0 Å². The van der Waals surface area contributed by atoms with Gasteiger partial charge < -0.3 is 29.5 Å². The van der Waals surface area contributed by atoms with Crippen molar-refractivity contribution in [1.82, 2.24) is 4.90 Å². The first-order chi connectivity index (χ1) is 25.3. The maximum absolute atomic E-state index is 13.1. The van der Waals surface area contributed by atoms with Gasteiger partial charge in [0.15, 0.2) is 0 Å². The van der Waals surface area contributed by atoms with Gasteiger partial charge in [0.25, 0.3) is 0 Å². The Morgan fingerprint density at radius 1 is 1.00 bits per heavy atom. The van der Waals surface area contributed by atoms with Crippen molar-refractivity contribution < 1.29 is 60.4 Å². The number of amides is 1. The highest BCUT2D eigenvalue weighted by atomic mass is 32.2. The van der Waals surface area contributed by atoms with Gasteiger partial charge in [-0.3, -0.25) is 4.52 Å². The van der Waals surface area contributed by atoms with Crippen LogP contribution in [0, 0.1) is 23.2 Å². The first-order valence-electron chi connectivity index (χ1n) is 19.6. The van der Waals surface area contributed by atoms with Crippen LogP contribution in [-0.4, -0.2) is 77.9 Å². The van der Waals surface area contributed by atoms with Crippen LogP contribution in [-0.2, 0) is 26.7 Å². The maximum Gasteiger partial charge on any atom is 0.469 e. The second kappa shape index (κ2) is 18.0. The first-order valence-corrected chi connectivity index (χ1v) is 22.7. The molecule has 2 saturated carbocycles. The van der Waals surface area contributed by atoms with Gasteiger partial charge >= 0.3 is 26.0 Å². The second-order valence-corrected chi connectivity index (χ2v) is 19.4. The predicted octanol–water partition coefficient (Wildman–Crippen LogP) is 9.27. The zero-order valence-electron chi connectivity index (χ0n) is 31.0. The number of aliphatic hydroxyl groups excluding tert-OH is 1. The van der Waals surface area contributed by atoms with Crippen molar-refractivity contribution in [2.45, 2.75) is 152 Å². The number of carboxylic acid groups (broad SMARTS) is 1. The van der Waals surface area contributed by atoms with Crippen molar-refractivity contribution in [3.8, 4) is 0 Å². The molecule has 1 heterocycles. The molecule has 1 aromatic rings. The van der Waals surface area contributed by atoms with Crippen molar-refractivity contribution in [3.05, 3.63) is 34.9 Å². The van der Waals surface area contributed by atoms with Gasteiger partial charge in [0, 0.05) is 13.0 Å². The molecule has 4 aliphatic rings. The van der Waals surface area contributed by atoms with E-state index in [4.69, 9.17) is 4.52 Å². The fraction of sp³-hybridized carbons (Fsp3) is 0.816. The van der Waals surface area contributed by atoms with Gasteiger partial charge in [-0.1, -0.05) is 68.4 Å². The molecule has 3 unspecified atom stereocenters. The van der Waals surface area contributed by atoms with Gasteiger partial charge in [0.2, 0.25) is 0 Å². The number of benzene rings is 1. The van der Waals surface area contributed by atoms with Crippen LogP contribution >= 0.6 is 7.82 Å². The molecule has 0 aromatic heterocycles. The number of phosphoric acid groups is 1. The lowest BCUT2D eigenvalue weighted by molar-refractivity contribution is -0.284. The quantitative estimate of drug-likeness (QED) is 0.0526. The number of hydrogen-bond donors (Lipinski definition) is 4. The summed E-state index contributed by atoms with van der Waals surface area (Å²) in [6.07, 6.45) is 2.96. The Labute approximate surface area is 318 Å². The lowest BCUT2D eigenvalue weighted by Gasteiger charge is -2.53. The van der Waals surface area contributed by atoms with E-state index in [9.17, 15) is 55.9 Å². The van der Waals surface area contributed by atoms with Crippen LogP contribution < -0.4 is 0 Å². The fourth-order valence-corrected chi connectivity index (χ4v) is 12.1. The molecular weight excluding hydrogens is 756 g/mol. The SMILES string of the molecule is C[C@]12CC[C@@H]3c4ccc(C5CC(OP(=O)(O)O)CCN5C(=O)O)cc4C[C@@H](CCCCCCCCC[S+]([O-])CCCC(F)(F)C(F)(F)F)[C@H]3[C@@H]1CC[C@@H]2O. The topological polar surface area (TPSA) is 151 Å². The molecule has 0 spiro atoms. The van der Waals surface area contributed by atoms with Crippen LogP contribution in [0.3, 0.4) is 0 Å². The van der Waals surface area contributed by atoms with Gasteiger partial charge in [-0.25, -0.2) is 9.36 Å². The Morgan fingerprint density at radius 3 is 2.33 bits per heavy atom. The van der Waals surface area contributed by atoms with E-state index < -0.39 is 62.2 Å². The summed E-state index contributed by atoms with van der Waals surface area (Å²) < 4.78 is 91.8. The van der Waals surface area contributed by atoms with Crippen molar-refractivity contribution in [3.63, 3.8) is 0 Å². The van der Waals surface area contributed by atoms with E-state index in [0.29, 0.717) is 35.8 Å². The molecule has 3 aliphatic carbocycles. The lowest BCUT2D eigenvalue weighted by atomic mass is 9.52. The van der Waals surface area contributed by atoms with Crippen LogP contribution in [0.5, 0.6) is 0 Å². The summed E-state index contributed by atoms with van der Waals surface area (Å²) in [5, 5.41) is 21.1. The Morgan fingerprint density at radius 2 is 1.67 bits per heavy atom. The zero-order valence-corrected chi connectivity index (χ0v) is 32.7. The summed E-state index contributed by atoms with van der Waals surface area (Å²) in [6, 6.07) is 5.64. The molecule has 9 atom stereocenters. The van der Waals surface area contributed by atoms with Gasteiger partial charge in [-0.2, -0.15) is 22.0 Å². The van der Waals surface area contributed by atoms with Crippen LogP contribution in [0.15, 0.2) is 18.2 Å². The molecule has 5 rings (SSSR count). The third kappa shape index (κ3) is 10.5. The van der Waals surface area contributed by atoms with Crippen LogP contribution in [0.1, 0.15) is 138 Å². The summed E-state index contributed by atoms with van der Waals surface area (Å²) >= 11 is -1.41. The minimum atomic E-state index is -5.58. The van der Waals surface area contributed by atoms with Gasteiger partial charge in [-0.05, 0) is 116 Å². The fourth-order valence-electron chi connectivity index (χ4n) is 10.3. The number of aliphatic hydroxyl groups is 1. The van der Waals surface area contributed by atoms with Gasteiger partial charge in [0.1, 0.15) is 11.5 Å². The average molecular weight is 814 g/mol. The van der Waals surface area contributed by atoms with Gasteiger partial charge in [-0.15, -0.1) is 0 Å². The van der Waals surface area contributed by atoms with Crippen molar-refractivity contribution >= 4 is 25.1 Å². The second-order valence-electron chi connectivity index (χ2n) is 16.5. The van der Waals surface area contributed by atoms with E-state index in [1.807, 2.05) is 6.07 Å². The number of fused-ring (bicyclic) bond motifs is 5. The number of alkyl halides is 5. The minimum Gasteiger partial charge on any atom is -0.616 e. The van der Waals surface area contributed by atoms with Gasteiger partial charge in [0.05, 0.1) is 18.2 Å². The molecule has 0 radical (unpaired) electrons. The molecule has 1 saturated heterocycles. The lowest BCUT2D eigenvalue weighted by Crippen LogP contribution is -2.47. The summed E-state index contributed by atoms with van der Waals surface area (Å²) in [4.78, 5) is 32.4. The molecule has 4 N–H and O–H groups in total. The first kappa shape index (κ1) is 43.6. The van der Waals surface area contributed by atoms with E-state index in [1.165, 1.54) is 16.0 Å². The molecule has 9 nitrogen and oxygen atoms in total. The van der Waals surface area contributed by atoms with E-state index in [-0.39, 0.29) is 36.7 Å². The third-order valence-corrected chi connectivity index (χ3v) is 15.1. The van der Waals surface area contributed by atoms with E-state index >= 15 is 0 Å². The number of nitrogens with zero attached hydrogens (tertiary/aromatic N) is 1. The Balaban J connectivity index is 1.15. The molecule has 1 amide bonds. The molecular formula is C38H57F5NO8PS. The summed E-state index contributed by atoms with van der Waals surface area (Å²) in [5.74, 6) is -3.01. The van der Waals surface area contributed by atoms with Crippen molar-refractivity contribution in [1.29, 1.82) is 0 Å². The van der Waals surface area contributed by atoms with Crippen LogP contribution in [0.25, 0.3) is 0 Å². The Bertz CT molecular complexity index is 1470. The van der Waals surface area contributed by atoms with Crippen LogP contribution in [0.2, 0.25) is 0 Å². The Hall–Kier alpha value is -1.48. The van der Waals surface area contributed by atoms with Crippen LogP contribution in [0.4, 0.5) is 26.7 Å². The number of rotatable bonds is 17. The number of unbranched alkanes of at least 4 members (excludes halogenated alkanes) is 6. The molecule has 54 heavy (non-hydrogen) atoms. The molecule has 3 fully saturated rings. The third-order valence-electron chi connectivity index (χ3n) is 13.1. The summed E-state index contributed by atoms with van der Waals surface area (Å²) in [5.41, 5.74) is 3.20. The summed E-state index contributed by atoms with van der Waals surface area (Å²) in [6.45, 7) is 2.36. The Kier molecular flexibility index (Phi) is 14.5. The van der Waals surface area contributed by atoms with Crippen molar-refractivity contribution in [2.75, 3.05) is 18.1 Å². The normalized spacial score (nSPS) is 30.8. The largest absolute Gasteiger partial charge is 0.616 e. The highest BCUT2D eigenvalue weighted by molar-refractivity contribution is 7.91. The minimum absolute atomic E-state index is 0.105. The zero-order chi connectivity index (χ0) is 39.5. The van der Waals surface area contributed by atoms with Crippen molar-refractivity contribution in [2.24, 2.45) is 23.2 Å². The highest BCUT2D eigenvalue weighted by Gasteiger charge is 2.57. The predicted molar refractivity (Wildman–Crippen MR) is 195 cm³/mol. The molecule has 308 valence electrons. The summed E-state index contributed by atoms with van der Waals surface area (Å²) in [7, 11) is -4.74. The number of phosphoric ester groups is 1. The standard InChI is InChI=1S/C38H57F5NO8PS/c1-36-18-15-30-29-12-11-25(32-24-28(52-53(48,49)50)16-19-44(32)35(46)47)22-27(29)23-26(34(30)31(36)13-14-33(36)45)10-7-5-3-2-4-6-8-20-54(51)21-9-17-37(39,40)38(41,42)43/h11-12,22,26,28,30-34,45H,2-10,13-21,23-24H2,1H3,(H,46,47)(H2,48,49,50)/t26-,28?,30-,31+,32?,33+,34-,36+,54?/m1/s1. The number of carbonyl (C=O) groups is 1. The number of hydrogen-bond acceptors (Lipinski definition) is 5.